The molecule has 0 unspecified atom stereocenters. The molecule has 0 aromatic heterocycles. The number of hydrogen-bond donors (Lipinski definition) is 0. The summed E-state index contributed by atoms with van der Waals surface area (Å²) in [6.45, 7) is 4.42. The first kappa shape index (κ1) is 34.7. The number of carbonyl (C=O) groups is 2. The minimum atomic E-state index is -0.327. The van der Waals surface area contributed by atoms with Gasteiger partial charge in [-0.05, 0) is 83.8 Å². The lowest BCUT2D eigenvalue weighted by Crippen LogP contribution is -2.03. The number of ketones is 1. The van der Waals surface area contributed by atoms with Crippen molar-refractivity contribution < 1.29 is 9.59 Å². The van der Waals surface area contributed by atoms with Crippen molar-refractivity contribution in [3.63, 3.8) is 0 Å². The van der Waals surface area contributed by atoms with E-state index in [0.717, 1.165) is 32.1 Å². The summed E-state index contributed by atoms with van der Waals surface area (Å²) in [6, 6.07) is 34.1. The number of aryl methyl sites for hydroxylation is 2. The van der Waals surface area contributed by atoms with Crippen molar-refractivity contribution in [2.45, 2.75) is 65.2 Å². The molecule has 41 heavy (non-hydrogen) atoms. The summed E-state index contributed by atoms with van der Waals surface area (Å²) in [5.74, 6) is 0.175. The van der Waals surface area contributed by atoms with Crippen LogP contribution in [0, 0.1) is 0 Å². The van der Waals surface area contributed by atoms with Gasteiger partial charge in [0.05, 0.1) is 0 Å². The minimum Gasteiger partial charge on any atom is -0.294 e. The third-order valence-corrected chi connectivity index (χ3v) is 7.48. The lowest BCUT2D eigenvalue weighted by molar-refractivity contribution is -0.111. The van der Waals surface area contributed by atoms with Gasteiger partial charge in [0.15, 0.2) is 5.78 Å². The van der Waals surface area contributed by atoms with Crippen molar-refractivity contribution >= 4 is 54.5 Å². The highest BCUT2D eigenvalue weighted by atomic mass is 79.9. The Morgan fingerprint density at radius 2 is 0.976 bits per heavy atom. The van der Waals surface area contributed by atoms with E-state index in [1.54, 1.807) is 0 Å². The number of hydrogen-bond acceptors (Lipinski definition) is 2. The highest BCUT2D eigenvalue weighted by molar-refractivity contribution is 9.10. The third-order valence-electron chi connectivity index (χ3n) is 6.29. The lowest BCUT2D eigenvalue weighted by atomic mass is 10.0. The van der Waals surface area contributed by atoms with Crippen LogP contribution in [0.1, 0.15) is 72.1 Å². The van der Waals surface area contributed by atoms with Crippen LogP contribution >= 0.6 is 43.5 Å². The van der Waals surface area contributed by atoms with Crippen molar-refractivity contribution in [2.24, 2.45) is 0 Å². The van der Waals surface area contributed by atoms with E-state index >= 15 is 0 Å². The second-order valence-electron chi connectivity index (χ2n) is 9.77. The Morgan fingerprint density at radius 1 is 0.561 bits per heavy atom. The number of rotatable bonds is 11. The average Bonchev–Trinajstić information content (AvgIpc) is 2.98. The largest absolute Gasteiger partial charge is 0.294 e. The normalized spacial score (nSPS) is 10.1. The smallest absolute Gasteiger partial charge is 0.226 e. The maximum Gasteiger partial charge on any atom is 0.226 e. The van der Waals surface area contributed by atoms with Gasteiger partial charge in [-0.1, -0.05) is 137 Å². The molecule has 4 rings (SSSR count). The van der Waals surface area contributed by atoms with Gasteiger partial charge < -0.3 is 0 Å². The molecule has 5 heteroatoms. The molecule has 0 bridgehead atoms. The molecule has 0 saturated carbocycles. The van der Waals surface area contributed by atoms with Gasteiger partial charge in [-0.25, -0.2) is 0 Å². The van der Waals surface area contributed by atoms with E-state index in [-0.39, 0.29) is 11.0 Å². The molecule has 0 heterocycles. The molecule has 0 fully saturated rings. The molecule has 0 spiro atoms. The van der Waals surface area contributed by atoms with Crippen LogP contribution in [-0.2, 0) is 30.5 Å². The first-order chi connectivity index (χ1) is 19.8. The number of carbonyl (C=O) groups excluding carboxylic acids is 2. The van der Waals surface area contributed by atoms with Crippen LogP contribution in [0.4, 0.5) is 0 Å². The highest BCUT2D eigenvalue weighted by Crippen LogP contribution is 2.14. The van der Waals surface area contributed by atoms with Gasteiger partial charge >= 0.3 is 0 Å². The van der Waals surface area contributed by atoms with E-state index in [2.05, 4.69) is 88.2 Å². The first-order valence-electron chi connectivity index (χ1n) is 14.1. The molecule has 0 atom stereocenters. The standard InChI is InChI=1S/C18H19BrO.C10H14.C8H6BrClO/c1-2-3-4-14-5-9-16(10-6-14)18(20)13-15-7-11-17(19)12-8-15;1-2-3-7-10-8-5-4-6-9-10;9-7-3-1-6(2-4-7)5-8(10)11/h5-12H,2-4,13H2,1H3;4-6,8-9H,2-3,7H2,1H3;1-4H,5H2. The summed E-state index contributed by atoms with van der Waals surface area (Å²) in [6.07, 6.45) is 8.08. The Morgan fingerprint density at radius 3 is 1.41 bits per heavy atom. The van der Waals surface area contributed by atoms with E-state index in [9.17, 15) is 9.59 Å². The Labute approximate surface area is 267 Å². The summed E-state index contributed by atoms with van der Waals surface area (Å²) in [5, 5.41) is -0.327. The maximum atomic E-state index is 12.2. The predicted molar refractivity (Wildman–Crippen MR) is 181 cm³/mol. The molecule has 0 saturated heterocycles. The SMILES string of the molecule is CCCCc1ccc(C(=O)Cc2ccc(Br)cc2)cc1.CCCCc1ccccc1.O=C(Cl)Cc1ccc(Br)cc1. The molecule has 4 aromatic carbocycles. The molecule has 0 aliphatic carbocycles. The van der Waals surface area contributed by atoms with Gasteiger partial charge in [-0.2, -0.15) is 0 Å². The molecule has 0 radical (unpaired) electrons. The second-order valence-corrected chi connectivity index (χ2v) is 12.0. The zero-order chi connectivity index (χ0) is 29.9. The minimum absolute atomic E-state index is 0.175. The quantitative estimate of drug-likeness (QED) is 0.115. The van der Waals surface area contributed by atoms with Crippen molar-refractivity contribution in [1.29, 1.82) is 0 Å². The van der Waals surface area contributed by atoms with E-state index in [1.165, 1.54) is 43.2 Å². The van der Waals surface area contributed by atoms with Crippen molar-refractivity contribution in [1.82, 2.24) is 0 Å². The van der Waals surface area contributed by atoms with E-state index in [0.29, 0.717) is 12.8 Å². The van der Waals surface area contributed by atoms with Crippen LogP contribution in [0.15, 0.2) is 112 Å². The van der Waals surface area contributed by atoms with Crippen molar-refractivity contribution in [2.75, 3.05) is 0 Å². The summed E-state index contributed by atoms with van der Waals surface area (Å²) in [5.41, 5.74) is 5.56. The van der Waals surface area contributed by atoms with Crippen LogP contribution in [0.2, 0.25) is 0 Å². The molecule has 2 nitrogen and oxygen atoms in total. The first-order valence-corrected chi connectivity index (χ1v) is 16.1. The van der Waals surface area contributed by atoms with Gasteiger partial charge in [0.2, 0.25) is 5.24 Å². The van der Waals surface area contributed by atoms with E-state index in [4.69, 9.17) is 11.6 Å². The van der Waals surface area contributed by atoms with Gasteiger partial charge in [-0.3, -0.25) is 9.59 Å². The molecular weight excluding hydrogens is 660 g/mol. The van der Waals surface area contributed by atoms with Crippen molar-refractivity contribution in [3.05, 3.63) is 140 Å². The van der Waals surface area contributed by atoms with E-state index in [1.807, 2.05) is 60.7 Å². The molecular formula is C36H39Br2ClO2. The number of unbranched alkanes of at least 4 members (excludes halogenated alkanes) is 2. The monoisotopic (exact) mass is 696 g/mol. The summed E-state index contributed by atoms with van der Waals surface area (Å²) in [4.78, 5) is 22.7. The molecule has 216 valence electrons. The summed E-state index contributed by atoms with van der Waals surface area (Å²) in [7, 11) is 0. The molecule has 0 aliphatic heterocycles. The predicted octanol–water partition coefficient (Wildman–Crippen LogP) is 11.0. The summed E-state index contributed by atoms with van der Waals surface area (Å²) < 4.78 is 2.04. The van der Waals surface area contributed by atoms with Crippen LogP contribution in [0.5, 0.6) is 0 Å². The van der Waals surface area contributed by atoms with E-state index < -0.39 is 0 Å². The average molecular weight is 699 g/mol. The maximum absolute atomic E-state index is 12.2. The lowest BCUT2D eigenvalue weighted by Gasteiger charge is -2.04. The third kappa shape index (κ3) is 15.3. The fourth-order valence-corrected chi connectivity index (χ4v) is 4.60. The molecule has 0 N–H and O–H groups in total. The molecule has 0 amide bonds. The number of halogens is 3. The zero-order valence-corrected chi connectivity index (χ0v) is 27.9. The summed E-state index contributed by atoms with van der Waals surface area (Å²) >= 11 is 11.9. The Balaban J connectivity index is 0.000000236. The Bertz CT molecular complexity index is 1290. The number of Topliss-reactive ketones (excluding diaryl/α,β-unsaturated/α-hetero) is 1. The van der Waals surface area contributed by atoms with Crippen molar-refractivity contribution in [3.8, 4) is 0 Å². The second kappa shape index (κ2) is 20.4. The van der Waals surface area contributed by atoms with Crippen LogP contribution < -0.4 is 0 Å². The topological polar surface area (TPSA) is 34.1 Å². The zero-order valence-electron chi connectivity index (χ0n) is 23.9. The van der Waals surface area contributed by atoms with Gasteiger partial charge in [-0.15, -0.1) is 0 Å². The molecule has 4 aromatic rings. The fourth-order valence-electron chi connectivity index (χ4n) is 3.92. The van der Waals surface area contributed by atoms with Crippen LogP contribution in [0.3, 0.4) is 0 Å². The number of benzene rings is 4. The fraction of sp³-hybridized carbons (Fsp3) is 0.278. The van der Waals surface area contributed by atoms with Gasteiger partial charge in [0, 0.05) is 27.4 Å². The molecule has 0 aliphatic rings. The van der Waals surface area contributed by atoms with Crippen LogP contribution in [0.25, 0.3) is 0 Å². The Hall–Kier alpha value is -2.53. The van der Waals surface area contributed by atoms with Gasteiger partial charge in [0.1, 0.15) is 0 Å². The highest BCUT2D eigenvalue weighted by Gasteiger charge is 2.07. The van der Waals surface area contributed by atoms with Crippen LogP contribution in [-0.4, -0.2) is 11.0 Å². The van der Waals surface area contributed by atoms with Gasteiger partial charge in [0.25, 0.3) is 0 Å². The Kier molecular flexibility index (Phi) is 17.2.